The molecule has 0 aliphatic carbocycles. The van der Waals surface area contributed by atoms with Crippen LogP contribution in [0.2, 0.25) is 0 Å². The zero-order chi connectivity index (χ0) is 14.7. The van der Waals surface area contributed by atoms with E-state index < -0.39 is 0 Å². The number of nitrogens with two attached hydrogens (primary N) is 2. The van der Waals surface area contributed by atoms with Crippen molar-refractivity contribution in [2.24, 2.45) is 11.5 Å². The van der Waals surface area contributed by atoms with Gasteiger partial charge in [-0.25, -0.2) is 0 Å². The van der Waals surface area contributed by atoms with Crippen LogP contribution in [0.4, 0.5) is 0 Å². The first-order valence-electron chi connectivity index (χ1n) is 7.36. The number of rotatable bonds is 9. The van der Waals surface area contributed by atoms with Gasteiger partial charge in [0, 0.05) is 12.6 Å². The Kier molecular flexibility index (Phi) is 10.5. The van der Waals surface area contributed by atoms with Crippen molar-refractivity contribution in [3.05, 3.63) is 34.9 Å². The SMILES string of the molecule is CC(C)=CCCC(C)=CCCC(C)=CCC(N)CN. The summed E-state index contributed by atoms with van der Waals surface area (Å²) in [6.07, 6.45) is 12.4. The molecule has 2 heteroatoms. The van der Waals surface area contributed by atoms with Crippen molar-refractivity contribution in [2.75, 3.05) is 6.54 Å². The van der Waals surface area contributed by atoms with Crippen molar-refractivity contribution >= 4 is 0 Å². The standard InChI is InChI=1S/C17H32N2/c1-14(2)7-5-8-15(3)9-6-10-16(4)11-12-17(19)13-18/h7,9,11,17H,5-6,8,10,12-13,18-19H2,1-4H3. The quantitative estimate of drug-likeness (QED) is 0.616. The number of allylic oxidation sites excluding steroid dienone is 5. The summed E-state index contributed by atoms with van der Waals surface area (Å²) in [6.45, 7) is 9.27. The second-order valence-electron chi connectivity index (χ2n) is 5.69. The monoisotopic (exact) mass is 264 g/mol. The van der Waals surface area contributed by atoms with E-state index in [9.17, 15) is 0 Å². The molecule has 0 aromatic rings. The van der Waals surface area contributed by atoms with Crippen LogP contribution in [0.15, 0.2) is 34.9 Å². The Labute approximate surface area is 119 Å². The molecule has 0 aromatic carbocycles. The lowest BCUT2D eigenvalue weighted by Crippen LogP contribution is -2.28. The molecule has 0 bridgehead atoms. The first-order chi connectivity index (χ1) is 8.95. The third-order valence-corrected chi connectivity index (χ3v) is 3.19. The van der Waals surface area contributed by atoms with E-state index in [-0.39, 0.29) is 6.04 Å². The van der Waals surface area contributed by atoms with E-state index in [0.29, 0.717) is 6.54 Å². The van der Waals surface area contributed by atoms with E-state index in [1.165, 1.54) is 23.1 Å². The van der Waals surface area contributed by atoms with Gasteiger partial charge in [-0.2, -0.15) is 0 Å². The maximum Gasteiger partial charge on any atom is 0.0198 e. The lowest BCUT2D eigenvalue weighted by atomic mass is 10.0. The summed E-state index contributed by atoms with van der Waals surface area (Å²) in [5.74, 6) is 0. The van der Waals surface area contributed by atoms with Gasteiger partial charge in [-0.05, 0) is 59.8 Å². The van der Waals surface area contributed by atoms with Gasteiger partial charge in [0.25, 0.3) is 0 Å². The van der Waals surface area contributed by atoms with E-state index in [1.54, 1.807) is 0 Å². The van der Waals surface area contributed by atoms with Crippen LogP contribution in [-0.2, 0) is 0 Å². The minimum atomic E-state index is 0.108. The van der Waals surface area contributed by atoms with Crippen LogP contribution < -0.4 is 11.5 Å². The van der Waals surface area contributed by atoms with E-state index in [1.807, 2.05) is 0 Å². The fourth-order valence-corrected chi connectivity index (χ4v) is 1.79. The molecule has 1 unspecified atom stereocenters. The zero-order valence-electron chi connectivity index (χ0n) is 13.2. The molecule has 0 radical (unpaired) electrons. The highest BCUT2D eigenvalue weighted by Crippen LogP contribution is 2.11. The fourth-order valence-electron chi connectivity index (χ4n) is 1.79. The van der Waals surface area contributed by atoms with Crippen LogP contribution in [0, 0.1) is 0 Å². The van der Waals surface area contributed by atoms with Gasteiger partial charge in [-0.1, -0.05) is 34.9 Å². The third-order valence-electron chi connectivity index (χ3n) is 3.19. The predicted octanol–water partition coefficient (Wildman–Crippen LogP) is 4.08. The zero-order valence-corrected chi connectivity index (χ0v) is 13.2. The molecule has 0 fully saturated rings. The van der Waals surface area contributed by atoms with Gasteiger partial charge in [0.2, 0.25) is 0 Å². The maximum absolute atomic E-state index is 5.79. The molecule has 0 aromatic heterocycles. The van der Waals surface area contributed by atoms with E-state index >= 15 is 0 Å². The molecule has 0 aliphatic heterocycles. The topological polar surface area (TPSA) is 52.0 Å². The minimum absolute atomic E-state index is 0.108. The Morgan fingerprint density at radius 3 is 1.95 bits per heavy atom. The van der Waals surface area contributed by atoms with Crippen molar-refractivity contribution in [2.45, 2.75) is 65.8 Å². The van der Waals surface area contributed by atoms with Gasteiger partial charge in [0.05, 0.1) is 0 Å². The summed E-state index contributed by atoms with van der Waals surface area (Å²) in [4.78, 5) is 0. The Bertz CT molecular complexity index is 320. The first kappa shape index (κ1) is 18.1. The van der Waals surface area contributed by atoms with Gasteiger partial charge in [0.15, 0.2) is 0 Å². The lowest BCUT2D eigenvalue weighted by molar-refractivity contribution is 0.688. The Balaban J connectivity index is 3.89. The van der Waals surface area contributed by atoms with E-state index in [2.05, 4.69) is 45.9 Å². The van der Waals surface area contributed by atoms with E-state index in [0.717, 1.165) is 25.7 Å². The van der Waals surface area contributed by atoms with Crippen LogP contribution in [0.3, 0.4) is 0 Å². The molecular weight excluding hydrogens is 232 g/mol. The van der Waals surface area contributed by atoms with Crippen molar-refractivity contribution in [1.82, 2.24) is 0 Å². The molecule has 0 heterocycles. The molecule has 19 heavy (non-hydrogen) atoms. The molecule has 0 amide bonds. The normalized spacial score (nSPS) is 14.4. The second-order valence-corrected chi connectivity index (χ2v) is 5.69. The van der Waals surface area contributed by atoms with Crippen molar-refractivity contribution in [1.29, 1.82) is 0 Å². The molecule has 0 spiro atoms. The van der Waals surface area contributed by atoms with Crippen LogP contribution >= 0.6 is 0 Å². The summed E-state index contributed by atoms with van der Waals surface area (Å²) >= 11 is 0. The summed E-state index contributed by atoms with van der Waals surface area (Å²) in [6, 6.07) is 0.108. The molecule has 110 valence electrons. The van der Waals surface area contributed by atoms with Crippen LogP contribution in [0.5, 0.6) is 0 Å². The van der Waals surface area contributed by atoms with Crippen LogP contribution in [0.25, 0.3) is 0 Å². The van der Waals surface area contributed by atoms with E-state index in [4.69, 9.17) is 11.5 Å². The first-order valence-corrected chi connectivity index (χ1v) is 7.36. The molecule has 1 atom stereocenters. The highest BCUT2D eigenvalue weighted by atomic mass is 14.7. The van der Waals surface area contributed by atoms with Crippen LogP contribution in [0.1, 0.15) is 59.8 Å². The summed E-state index contributed by atoms with van der Waals surface area (Å²) < 4.78 is 0. The second kappa shape index (κ2) is 11.0. The number of hydrogen-bond donors (Lipinski definition) is 2. The maximum atomic E-state index is 5.79. The lowest BCUT2D eigenvalue weighted by Gasteiger charge is -2.05. The average Bonchev–Trinajstić information content (AvgIpc) is 2.35. The summed E-state index contributed by atoms with van der Waals surface area (Å²) in [5, 5.41) is 0. The van der Waals surface area contributed by atoms with Crippen LogP contribution in [-0.4, -0.2) is 12.6 Å². The average molecular weight is 264 g/mol. The Morgan fingerprint density at radius 2 is 1.42 bits per heavy atom. The molecule has 0 aliphatic rings. The molecular formula is C17H32N2. The van der Waals surface area contributed by atoms with Crippen molar-refractivity contribution in [3.63, 3.8) is 0 Å². The predicted molar refractivity (Wildman–Crippen MR) is 87.1 cm³/mol. The fraction of sp³-hybridized carbons (Fsp3) is 0.647. The Hall–Kier alpha value is -0.860. The van der Waals surface area contributed by atoms with Crippen molar-refractivity contribution in [3.8, 4) is 0 Å². The number of hydrogen-bond acceptors (Lipinski definition) is 2. The minimum Gasteiger partial charge on any atom is -0.329 e. The molecule has 0 saturated heterocycles. The highest BCUT2D eigenvalue weighted by molar-refractivity contribution is 5.05. The van der Waals surface area contributed by atoms with Gasteiger partial charge >= 0.3 is 0 Å². The summed E-state index contributed by atoms with van der Waals surface area (Å²) in [7, 11) is 0. The largest absolute Gasteiger partial charge is 0.329 e. The molecule has 2 nitrogen and oxygen atoms in total. The van der Waals surface area contributed by atoms with Crippen molar-refractivity contribution < 1.29 is 0 Å². The van der Waals surface area contributed by atoms with Gasteiger partial charge in [0.1, 0.15) is 0 Å². The third kappa shape index (κ3) is 11.9. The molecule has 0 rings (SSSR count). The highest BCUT2D eigenvalue weighted by Gasteiger charge is 1.96. The Morgan fingerprint density at radius 1 is 0.895 bits per heavy atom. The molecule has 4 N–H and O–H groups in total. The van der Waals surface area contributed by atoms with Gasteiger partial charge in [-0.3, -0.25) is 0 Å². The smallest absolute Gasteiger partial charge is 0.0198 e. The molecule has 0 saturated carbocycles. The van der Waals surface area contributed by atoms with Gasteiger partial charge in [-0.15, -0.1) is 0 Å². The summed E-state index contributed by atoms with van der Waals surface area (Å²) in [5.41, 5.74) is 15.6. The van der Waals surface area contributed by atoms with Gasteiger partial charge < -0.3 is 11.5 Å².